The molecule has 0 saturated carbocycles. The summed E-state index contributed by atoms with van der Waals surface area (Å²) in [7, 11) is 1.95. The van der Waals surface area contributed by atoms with Crippen molar-refractivity contribution in [3.63, 3.8) is 0 Å². The number of likely N-dealkylation sites (tertiary alicyclic amines) is 1. The summed E-state index contributed by atoms with van der Waals surface area (Å²) in [6.07, 6.45) is 2.20. The second-order valence-electron chi connectivity index (χ2n) is 6.14. The number of hydrogen-bond acceptors (Lipinski definition) is 4. The van der Waals surface area contributed by atoms with Crippen LogP contribution < -0.4 is 10.2 Å². The fourth-order valence-electron chi connectivity index (χ4n) is 3.31. The number of halogens is 1. The van der Waals surface area contributed by atoms with E-state index in [4.69, 9.17) is 0 Å². The largest absolute Gasteiger partial charge is 0.341 e. The number of fused-ring (bicyclic) bond motifs is 1. The Morgan fingerprint density at radius 1 is 1.38 bits per heavy atom. The van der Waals surface area contributed by atoms with E-state index in [1.807, 2.05) is 36.2 Å². The first kappa shape index (κ1) is 19.1. The van der Waals surface area contributed by atoms with Crippen LogP contribution in [0, 0.1) is 5.92 Å². The van der Waals surface area contributed by atoms with Gasteiger partial charge in [0.25, 0.3) is 0 Å². The van der Waals surface area contributed by atoms with Gasteiger partial charge < -0.3 is 15.1 Å². The molecule has 1 aromatic carbocycles. The summed E-state index contributed by atoms with van der Waals surface area (Å²) in [5.74, 6) is 0.997. The van der Waals surface area contributed by atoms with Gasteiger partial charge in [0, 0.05) is 18.0 Å². The van der Waals surface area contributed by atoms with Crippen LogP contribution in [0.2, 0.25) is 0 Å². The SMILES string of the molecule is CNCC1CCCN(C(=O)CN2C(=O)CSc3ccccc32)C1.Cl. The number of piperidine rings is 1. The smallest absolute Gasteiger partial charge is 0.242 e. The molecule has 2 aliphatic heterocycles. The van der Waals surface area contributed by atoms with Gasteiger partial charge in [0.15, 0.2) is 0 Å². The highest BCUT2D eigenvalue weighted by Gasteiger charge is 2.29. The molecule has 1 N–H and O–H groups in total. The second kappa shape index (κ2) is 8.74. The Labute approximate surface area is 153 Å². The van der Waals surface area contributed by atoms with Gasteiger partial charge in [-0.15, -0.1) is 24.2 Å². The van der Waals surface area contributed by atoms with Gasteiger partial charge >= 0.3 is 0 Å². The van der Waals surface area contributed by atoms with Gasteiger partial charge in [-0.2, -0.15) is 0 Å². The summed E-state index contributed by atoms with van der Waals surface area (Å²) >= 11 is 1.55. The van der Waals surface area contributed by atoms with Crippen molar-refractivity contribution in [2.75, 3.05) is 43.9 Å². The highest BCUT2D eigenvalue weighted by atomic mass is 35.5. The lowest BCUT2D eigenvalue weighted by atomic mass is 9.98. The third-order valence-electron chi connectivity index (χ3n) is 4.47. The summed E-state index contributed by atoms with van der Waals surface area (Å²) < 4.78 is 0. The summed E-state index contributed by atoms with van der Waals surface area (Å²) in [6, 6.07) is 7.81. The van der Waals surface area contributed by atoms with Crippen molar-refractivity contribution in [2.24, 2.45) is 5.92 Å². The number of rotatable bonds is 4. The number of benzene rings is 1. The van der Waals surface area contributed by atoms with E-state index < -0.39 is 0 Å². The lowest BCUT2D eigenvalue weighted by Gasteiger charge is -2.35. The van der Waals surface area contributed by atoms with E-state index in [1.54, 1.807) is 16.7 Å². The number of anilines is 1. The minimum absolute atomic E-state index is 0. The summed E-state index contributed by atoms with van der Waals surface area (Å²) in [4.78, 5) is 29.6. The first-order chi connectivity index (χ1) is 11.2. The van der Waals surface area contributed by atoms with Crippen LogP contribution in [-0.4, -0.2) is 55.7 Å². The Hall–Kier alpha value is -1.24. The van der Waals surface area contributed by atoms with E-state index in [0.29, 0.717) is 11.7 Å². The highest BCUT2D eigenvalue weighted by Crippen LogP contribution is 2.34. The highest BCUT2D eigenvalue weighted by molar-refractivity contribution is 8.00. The average molecular weight is 370 g/mol. The molecule has 132 valence electrons. The van der Waals surface area contributed by atoms with Crippen LogP contribution in [0.3, 0.4) is 0 Å². The minimum atomic E-state index is 0. The van der Waals surface area contributed by atoms with Gasteiger partial charge in [0.2, 0.25) is 11.8 Å². The topological polar surface area (TPSA) is 52.7 Å². The van der Waals surface area contributed by atoms with Gasteiger partial charge in [0.05, 0.1) is 11.4 Å². The van der Waals surface area contributed by atoms with Crippen molar-refractivity contribution in [1.29, 1.82) is 0 Å². The molecule has 1 aromatic rings. The van der Waals surface area contributed by atoms with Crippen LogP contribution in [0.1, 0.15) is 12.8 Å². The Morgan fingerprint density at radius 2 is 2.17 bits per heavy atom. The molecule has 0 bridgehead atoms. The fraction of sp³-hybridized carbons (Fsp3) is 0.529. The average Bonchev–Trinajstić information content (AvgIpc) is 2.58. The van der Waals surface area contributed by atoms with Crippen LogP contribution in [0.15, 0.2) is 29.2 Å². The molecule has 0 aliphatic carbocycles. The van der Waals surface area contributed by atoms with Crippen LogP contribution in [0.4, 0.5) is 5.69 Å². The molecule has 3 rings (SSSR count). The van der Waals surface area contributed by atoms with Crippen molar-refractivity contribution in [2.45, 2.75) is 17.7 Å². The van der Waals surface area contributed by atoms with Crippen LogP contribution in [-0.2, 0) is 9.59 Å². The monoisotopic (exact) mass is 369 g/mol. The molecule has 2 heterocycles. The first-order valence-electron chi connectivity index (χ1n) is 8.13. The normalized spacial score (nSPS) is 20.4. The maximum absolute atomic E-state index is 12.7. The Kier molecular flexibility index (Phi) is 6.95. The Morgan fingerprint density at radius 3 is 2.96 bits per heavy atom. The minimum Gasteiger partial charge on any atom is -0.341 e. The molecule has 0 aromatic heterocycles. The molecule has 1 unspecified atom stereocenters. The predicted molar refractivity (Wildman–Crippen MR) is 100.0 cm³/mol. The number of carbonyl (C=O) groups is 2. The van der Waals surface area contributed by atoms with E-state index in [9.17, 15) is 9.59 Å². The first-order valence-corrected chi connectivity index (χ1v) is 9.12. The van der Waals surface area contributed by atoms with Crippen molar-refractivity contribution >= 4 is 41.7 Å². The third kappa shape index (κ3) is 4.23. The van der Waals surface area contributed by atoms with Gasteiger partial charge in [-0.05, 0) is 44.5 Å². The van der Waals surface area contributed by atoms with Crippen LogP contribution in [0.5, 0.6) is 0 Å². The number of nitrogens with zero attached hydrogens (tertiary/aromatic N) is 2. The van der Waals surface area contributed by atoms with Gasteiger partial charge in [0.1, 0.15) is 6.54 Å². The lowest BCUT2D eigenvalue weighted by molar-refractivity contribution is -0.132. The molecule has 5 nitrogen and oxygen atoms in total. The van der Waals surface area contributed by atoms with Crippen LogP contribution >= 0.6 is 24.2 Å². The van der Waals surface area contributed by atoms with E-state index in [1.165, 1.54) is 0 Å². The molecule has 1 atom stereocenters. The number of amides is 2. The summed E-state index contributed by atoms with van der Waals surface area (Å²) in [6.45, 7) is 2.68. The molecule has 7 heteroatoms. The molecule has 0 spiro atoms. The maximum atomic E-state index is 12.7. The Bertz CT molecular complexity index is 597. The van der Waals surface area contributed by atoms with Crippen molar-refractivity contribution in [3.8, 4) is 0 Å². The zero-order chi connectivity index (χ0) is 16.2. The van der Waals surface area contributed by atoms with E-state index >= 15 is 0 Å². The van der Waals surface area contributed by atoms with Crippen LogP contribution in [0.25, 0.3) is 0 Å². The molecule has 1 saturated heterocycles. The van der Waals surface area contributed by atoms with Crippen molar-refractivity contribution in [3.05, 3.63) is 24.3 Å². The van der Waals surface area contributed by atoms with Crippen molar-refractivity contribution < 1.29 is 9.59 Å². The molecule has 0 radical (unpaired) electrons. The number of nitrogens with one attached hydrogen (secondary N) is 1. The fourth-order valence-corrected chi connectivity index (χ4v) is 4.25. The molecule has 2 amide bonds. The number of para-hydroxylation sites is 1. The molecular formula is C17H24ClN3O2S. The number of thioether (sulfide) groups is 1. The van der Waals surface area contributed by atoms with Gasteiger partial charge in [-0.25, -0.2) is 0 Å². The van der Waals surface area contributed by atoms with Gasteiger partial charge in [-0.1, -0.05) is 12.1 Å². The number of hydrogen-bond donors (Lipinski definition) is 1. The van der Waals surface area contributed by atoms with E-state index in [2.05, 4.69) is 5.32 Å². The summed E-state index contributed by atoms with van der Waals surface area (Å²) in [5.41, 5.74) is 0.867. The lowest BCUT2D eigenvalue weighted by Crippen LogP contribution is -2.48. The molecule has 1 fully saturated rings. The standard InChI is InChI=1S/C17H23N3O2S.ClH/c1-18-9-13-5-4-8-19(10-13)16(21)11-20-14-6-2-3-7-15(14)23-12-17(20)22;/h2-3,6-7,13,18H,4-5,8-12H2,1H3;1H. The maximum Gasteiger partial charge on any atom is 0.242 e. The third-order valence-corrected chi connectivity index (χ3v) is 5.51. The van der Waals surface area contributed by atoms with Gasteiger partial charge in [-0.3, -0.25) is 9.59 Å². The zero-order valence-electron chi connectivity index (χ0n) is 13.9. The zero-order valence-corrected chi connectivity index (χ0v) is 15.5. The quantitative estimate of drug-likeness (QED) is 0.882. The summed E-state index contributed by atoms with van der Waals surface area (Å²) in [5, 5.41) is 3.19. The molecule has 24 heavy (non-hydrogen) atoms. The van der Waals surface area contributed by atoms with E-state index in [0.717, 1.165) is 43.1 Å². The predicted octanol–water partition coefficient (Wildman–Crippen LogP) is 2.01. The Balaban J connectivity index is 0.00000208. The van der Waals surface area contributed by atoms with E-state index in [-0.39, 0.29) is 30.8 Å². The number of carbonyl (C=O) groups excluding carboxylic acids is 2. The second-order valence-corrected chi connectivity index (χ2v) is 7.16. The molecule has 2 aliphatic rings. The molecular weight excluding hydrogens is 346 g/mol. The van der Waals surface area contributed by atoms with Crippen molar-refractivity contribution in [1.82, 2.24) is 10.2 Å².